The van der Waals surface area contributed by atoms with Gasteiger partial charge in [0.05, 0.1) is 12.5 Å². The van der Waals surface area contributed by atoms with Crippen LogP contribution in [0.25, 0.3) is 11.0 Å². The molecular weight excluding hydrogens is 268 g/mol. The largest absolute Gasteiger partial charge is 0.497 e. The Morgan fingerprint density at radius 2 is 1.90 bits per heavy atom. The van der Waals surface area contributed by atoms with Crippen molar-refractivity contribution in [2.75, 3.05) is 45.2 Å². The first-order chi connectivity index (χ1) is 10.1. The van der Waals surface area contributed by atoms with Crippen LogP contribution < -0.4 is 15.1 Å². The molecule has 112 valence electrons. The molecule has 0 N–H and O–H groups in total. The second-order valence-corrected chi connectivity index (χ2v) is 5.49. The van der Waals surface area contributed by atoms with Crippen molar-refractivity contribution in [3.63, 3.8) is 0 Å². The van der Waals surface area contributed by atoms with Crippen molar-refractivity contribution in [2.45, 2.75) is 6.92 Å². The van der Waals surface area contributed by atoms with Crippen molar-refractivity contribution in [3.8, 4) is 5.75 Å². The minimum Gasteiger partial charge on any atom is -0.497 e. The predicted octanol–water partition coefficient (Wildman–Crippen LogP) is 1.86. The number of fused-ring (bicyclic) bond motifs is 1. The highest BCUT2D eigenvalue weighted by Gasteiger charge is 2.21. The lowest BCUT2D eigenvalue weighted by Crippen LogP contribution is -2.46. The van der Waals surface area contributed by atoms with Gasteiger partial charge >= 0.3 is 0 Å². The van der Waals surface area contributed by atoms with Gasteiger partial charge in [-0.05, 0) is 32.2 Å². The summed E-state index contributed by atoms with van der Waals surface area (Å²) in [5, 5.41) is 0.578. The van der Waals surface area contributed by atoms with Crippen molar-refractivity contribution in [1.29, 1.82) is 0 Å². The van der Waals surface area contributed by atoms with Crippen molar-refractivity contribution in [1.82, 2.24) is 4.90 Å². The smallest absolute Gasteiger partial charge is 0.216 e. The first-order valence-corrected chi connectivity index (χ1v) is 7.15. The molecule has 1 aromatic carbocycles. The number of hydrogen-bond donors (Lipinski definition) is 0. The number of aryl methyl sites for hydroxylation is 1. The second-order valence-electron chi connectivity index (χ2n) is 5.49. The monoisotopic (exact) mass is 288 g/mol. The van der Waals surface area contributed by atoms with E-state index < -0.39 is 0 Å². The van der Waals surface area contributed by atoms with Crippen LogP contribution in [0.5, 0.6) is 5.75 Å². The molecule has 2 aromatic rings. The summed E-state index contributed by atoms with van der Waals surface area (Å²) in [7, 11) is 3.69. The first-order valence-electron chi connectivity index (χ1n) is 7.15. The standard InChI is InChI=1S/C16H20N2O3/c1-11-15(18-8-6-17(2)7-9-18)16(19)13-10-12(20-3)4-5-14(13)21-11/h4-5,10H,6-9H2,1-3H3. The quantitative estimate of drug-likeness (QED) is 0.844. The van der Waals surface area contributed by atoms with Gasteiger partial charge in [0, 0.05) is 26.2 Å². The topological polar surface area (TPSA) is 45.9 Å². The zero-order chi connectivity index (χ0) is 15.0. The summed E-state index contributed by atoms with van der Waals surface area (Å²) in [5.74, 6) is 1.35. The summed E-state index contributed by atoms with van der Waals surface area (Å²) < 4.78 is 11.0. The van der Waals surface area contributed by atoms with Crippen molar-refractivity contribution < 1.29 is 9.15 Å². The number of ether oxygens (including phenoxy) is 1. The summed E-state index contributed by atoms with van der Waals surface area (Å²) in [6, 6.07) is 5.34. The van der Waals surface area contributed by atoms with Crippen LogP contribution in [0.4, 0.5) is 5.69 Å². The highest BCUT2D eigenvalue weighted by molar-refractivity contribution is 5.82. The zero-order valence-electron chi connectivity index (χ0n) is 12.7. The van der Waals surface area contributed by atoms with Gasteiger partial charge in [-0.15, -0.1) is 0 Å². The zero-order valence-corrected chi connectivity index (χ0v) is 12.7. The Bertz CT molecular complexity index is 715. The number of likely N-dealkylation sites (N-methyl/N-ethyl adjacent to an activating group) is 1. The molecular formula is C16H20N2O3. The van der Waals surface area contributed by atoms with Crippen LogP contribution in [0.15, 0.2) is 27.4 Å². The van der Waals surface area contributed by atoms with E-state index >= 15 is 0 Å². The van der Waals surface area contributed by atoms with Crippen LogP contribution in [-0.2, 0) is 0 Å². The van der Waals surface area contributed by atoms with Crippen molar-refractivity contribution in [3.05, 3.63) is 34.2 Å². The van der Waals surface area contributed by atoms with Gasteiger partial charge in [-0.3, -0.25) is 4.79 Å². The maximum Gasteiger partial charge on any atom is 0.216 e. The maximum absolute atomic E-state index is 12.8. The minimum atomic E-state index is 0.0252. The van der Waals surface area contributed by atoms with Gasteiger partial charge < -0.3 is 19.0 Å². The molecule has 1 aliphatic heterocycles. The lowest BCUT2D eigenvalue weighted by Gasteiger charge is -2.34. The number of nitrogens with zero attached hydrogens (tertiary/aromatic N) is 2. The number of anilines is 1. The lowest BCUT2D eigenvalue weighted by atomic mass is 10.1. The van der Waals surface area contributed by atoms with Gasteiger partial charge in [-0.25, -0.2) is 0 Å². The van der Waals surface area contributed by atoms with Crippen molar-refractivity contribution >= 4 is 16.7 Å². The molecule has 5 nitrogen and oxygen atoms in total. The van der Waals surface area contributed by atoms with E-state index in [0.717, 1.165) is 26.2 Å². The fourth-order valence-corrected chi connectivity index (χ4v) is 2.80. The van der Waals surface area contributed by atoms with E-state index in [1.54, 1.807) is 25.3 Å². The van der Waals surface area contributed by atoms with Crippen LogP contribution in [-0.4, -0.2) is 45.2 Å². The molecule has 3 rings (SSSR count). The number of methoxy groups -OCH3 is 1. The third-order valence-corrected chi connectivity index (χ3v) is 4.06. The summed E-state index contributed by atoms with van der Waals surface area (Å²) >= 11 is 0. The molecule has 0 saturated carbocycles. The average Bonchev–Trinajstić information content (AvgIpc) is 2.49. The molecule has 1 fully saturated rings. The predicted molar refractivity (Wildman–Crippen MR) is 83.5 cm³/mol. The molecule has 0 bridgehead atoms. The summed E-state index contributed by atoms with van der Waals surface area (Å²) in [4.78, 5) is 17.2. The number of rotatable bonds is 2. The molecule has 0 radical (unpaired) electrons. The van der Waals surface area contributed by atoms with E-state index in [-0.39, 0.29) is 5.43 Å². The Morgan fingerprint density at radius 3 is 2.57 bits per heavy atom. The molecule has 1 aromatic heterocycles. The average molecular weight is 288 g/mol. The van der Waals surface area contributed by atoms with Crippen LogP contribution in [0.1, 0.15) is 5.76 Å². The van der Waals surface area contributed by atoms with Gasteiger partial charge in [-0.2, -0.15) is 0 Å². The highest BCUT2D eigenvalue weighted by atomic mass is 16.5. The summed E-state index contributed by atoms with van der Waals surface area (Å²) in [6.45, 7) is 5.46. The third kappa shape index (κ3) is 2.49. The Morgan fingerprint density at radius 1 is 1.19 bits per heavy atom. The fourth-order valence-electron chi connectivity index (χ4n) is 2.80. The summed E-state index contributed by atoms with van der Waals surface area (Å²) in [6.07, 6.45) is 0. The fraction of sp³-hybridized carbons (Fsp3) is 0.438. The van der Waals surface area contributed by atoms with E-state index in [4.69, 9.17) is 9.15 Å². The molecule has 0 atom stereocenters. The SMILES string of the molecule is COc1ccc2oc(C)c(N3CCN(C)CC3)c(=O)c2c1. The lowest BCUT2D eigenvalue weighted by molar-refractivity contribution is 0.311. The molecule has 0 amide bonds. The number of piperazine rings is 1. The highest BCUT2D eigenvalue weighted by Crippen LogP contribution is 2.25. The third-order valence-electron chi connectivity index (χ3n) is 4.06. The molecule has 5 heteroatoms. The van der Waals surface area contributed by atoms with E-state index in [0.29, 0.717) is 28.2 Å². The van der Waals surface area contributed by atoms with Crippen molar-refractivity contribution in [2.24, 2.45) is 0 Å². The number of hydrogen-bond acceptors (Lipinski definition) is 5. The van der Waals surface area contributed by atoms with E-state index in [2.05, 4.69) is 16.8 Å². The molecule has 0 spiro atoms. The second kappa shape index (κ2) is 5.41. The van der Waals surface area contributed by atoms with Gasteiger partial charge in [0.25, 0.3) is 0 Å². The molecule has 1 aliphatic rings. The van der Waals surface area contributed by atoms with Gasteiger partial charge in [-0.1, -0.05) is 0 Å². The molecule has 2 heterocycles. The Labute approximate surface area is 123 Å². The van der Waals surface area contributed by atoms with Gasteiger partial charge in [0.2, 0.25) is 5.43 Å². The first kappa shape index (κ1) is 13.9. The molecule has 1 saturated heterocycles. The van der Waals surface area contributed by atoms with Crippen LogP contribution >= 0.6 is 0 Å². The molecule has 0 aliphatic carbocycles. The Balaban J connectivity index is 2.12. The summed E-state index contributed by atoms with van der Waals surface area (Å²) in [5.41, 5.74) is 1.32. The normalized spacial score (nSPS) is 16.4. The van der Waals surface area contributed by atoms with Crippen LogP contribution in [0.2, 0.25) is 0 Å². The number of benzene rings is 1. The van der Waals surface area contributed by atoms with Crippen LogP contribution in [0, 0.1) is 6.92 Å². The Kier molecular flexibility index (Phi) is 3.59. The molecule has 0 unspecified atom stereocenters. The van der Waals surface area contributed by atoms with Crippen LogP contribution in [0.3, 0.4) is 0 Å². The van der Waals surface area contributed by atoms with Gasteiger partial charge in [0.15, 0.2) is 0 Å². The minimum absolute atomic E-state index is 0.0252. The van der Waals surface area contributed by atoms with E-state index in [9.17, 15) is 4.79 Å². The molecule has 21 heavy (non-hydrogen) atoms. The maximum atomic E-state index is 12.8. The van der Waals surface area contributed by atoms with Gasteiger partial charge in [0.1, 0.15) is 22.8 Å². The van der Waals surface area contributed by atoms with E-state index in [1.807, 2.05) is 6.92 Å². The van der Waals surface area contributed by atoms with E-state index in [1.165, 1.54) is 0 Å². The Hall–Kier alpha value is -2.01.